The van der Waals surface area contributed by atoms with Crippen LogP contribution in [0.15, 0.2) is 4.42 Å². The maximum absolute atomic E-state index is 5.81. The molecule has 2 atom stereocenters. The zero-order valence-electron chi connectivity index (χ0n) is 7.32. The van der Waals surface area contributed by atoms with Gasteiger partial charge in [-0.3, -0.25) is 0 Å². The molecule has 0 bridgehead atoms. The molecule has 4 N–H and O–H groups in total. The van der Waals surface area contributed by atoms with Crippen LogP contribution in [0.25, 0.3) is 0 Å². The van der Waals surface area contributed by atoms with Crippen molar-refractivity contribution < 1.29 is 4.42 Å². The van der Waals surface area contributed by atoms with E-state index in [1.165, 1.54) is 0 Å². The zero-order chi connectivity index (χ0) is 9.14. The molecule has 1 heterocycles. The summed E-state index contributed by atoms with van der Waals surface area (Å²) < 4.78 is 5.00. The van der Waals surface area contributed by atoms with E-state index < -0.39 is 0 Å². The average molecular weight is 170 g/mol. The Morgan fingerprint density at radius 1 is 1.50 bits per heavy atom. The number of hydrogen-bond acceptors (Lipinski definition) is 5. The van der Waals surface area contributed by atoms with Gasteiger partial charge in [-0.05, 0) is 5.92 Å². The van der Waals surface area contributed by atoms with Crippen molar-refractivity contribution in [3.63, 3.8) is 0 Å². The third kappa shape index (κ3) is 1.73. The Morgan fingerprint density at radius 2 is 2.17 bits per heavy atom. The zero-order valence-corrected chi connectivity index (χ0v) is 7.32. The second-order valence-electron chi connectivity index (χ2n) is 2.89. The number of hydrogen-bond donors (Lipinski definition) is 2. The molecular formula is C7H14N4O. The molecule has 0 aromatic carbocycles. The minimum Gasteiger partial charge on any atom is -0.407 e. The molecule has 1 aromatic rings. The quantitative estimate of drug-likeness (QED) is 0.696. The van der Waals surface area contributed by atoms with Crippen molar-refractivity contribution in [3.05, 3.63) is 5.89 Å². The Balaban J connectivity index is 2.70. The molecule has 0 aliphatic heterocycles. The van der Waals surface area contributed by atoms with Crippen LogP contribution >= 0.6 is 0 Å². The number of rotatable bonds is 3. The topological polar surface area (TPSA) is 91.0 Å². The van der Waals surface area contributed by atoms with Crippen molar-refractivity contribution in [1.82, 2.24) is 10.2 Å². The molecule has 2 unspecified atom stereocenters. The van der Waals surface area contributed by atoms with Gasteiger partial charge in [-0.15, -0.1) is 5.10 Å². The Kier molecular flexibility index (Phi) is 2.65. The van der Waals surface area contributed by atoms with Crippen LogP contribution in [0.3, 0.4) is 0 Å². The van der Waals surface area contributed by atoms with Crippen LogP contribution in [0.5, 0.6) is 0 Å². The number of nitrogen functional groups attached to an aromatic ring is 1. The summed E-state index contributed by atoms with van der Waals surface area (Å²) >= 11 is 0. The summed E-state index contributed by atoms with van der Waals surface area (Å²) in [6, 6.07) is -0.136. The standard InChI is InChI=1S/C7H14N4O/c1-3-4(2)5(8)6-10-11-7(9)12-6/h4-5H,3,8H2,1-2H3,(H2,9,11). The van der Waals surface area contributed by atoms with Crippen LogP contribution < -0.4 is 11.5 Å². The van der Waals surface area contributed by atoms with Gasteiger partial charge in [0.2, 0.25) is 5.89 Å². The molecular weight excluding hydrogens is 156 g/mol. The second kappa shape index (κ2) is 3.53. The van der Waals surface area contributed by atoms with Gasteiger partial charge in [0.05, 0.1) is 6.04 Å². The van der Waals surface area contributed by atoms with Gasteiger partial charge in [-0.1, -0.05) is 25.4 Å². The van der Waals surface area contributed by atoms with E-state index in [0.717, 1.165) is 6.42 Å². The Morgan fingerprint density at radius 3 is 2.58 bits per heavy atom. The second-order valence-corrected chi connectivity index (χ2v) is 2.89. The normalized spacial score (nSPS) is 15.9. The Hall–Kier alpha value is -1.10. The van der Waals surface area contributed by atoms with E-state index in [2.05, 4.69) is 17.1 Å². The molecule has 0 saturated heterocycles. The van der Waals surface area contributed by atoms with Gasteiger partial charge in [0.25, 0.3) is 0 Å². The third-order valence-corrected chi connectivity index (χ3v) is 2.00. The van der Waals surface area contributed by atoms with Gasteiger partial charge < -0.3 is 15.9 Å². The molecule has 0 spiro atoms. The largest absolute Gasteiger partial charge is 0.407 e. The summed E-state index contributed by atoms with van der Waals surface area (Å²) in [6.07, 6.45) is 0.976. The fraction of sp³-hybridized carbons (Fsp3) is 0.714. The lowest BCUT2D eigenvalue weighted by atomic mass is 10.0. The molecule has 0 aliphatic rings. The number of aromatic nitrogens is 2. The molecule has 0 fully saturated rings. The van der Waals surface area contributed by atoms with Crippen molar-refractivity contribution in [2.75, 3.05) is 5.73 Å². The summed E-state index contributed by atoms with van der Waals surface area (Å²) in [5.74, 6) is 0.742. The molecule has 0 saturated carbocycles. The lowest BCUT2D eigenvalue weighted by Gasteiger charge is -2.13. The highest BCUT2D eigenvalue weighted by Crippen LogP contribution is 2.20. The highest BCUT2D eigenvalue weighted by Gasteiger charge is 2.18. The maximum atomic E-state index is 5.81. The highest BCUT2D eigenvalue weighted by molar-refractivity contribution is 5.06. The van der Waals surface area contributed by atoms with E-state index in [9.17, 15) is 0 Å². The Bertz CT molecular complexity index is 247. The predicted octanol–water partition coefficient (Wildman–Crippen LogP) is 0.698. The van der Waals surface area contributed by atoms with E-state index in [-0.39, 0.29) is 12.1 Å². The average Bonchev–Trinajstić information content (AvgIpc) is 2.49. The fourth-order valence-corrected chi connectivity index (χ4v) is 0.879. The summed E-state index contributed by atoms with van der Waals surface area (Å²) in [6.45, 7) is 4.09. The summed E-state index contributed by atoms with van der Waals surface area (Å²) in [5, 5.41) is 7.25. The summed E-state index contributed by atoms with van der Waals surface area (Å²) in [4.78, 5) is 0. The number of nitrogens with two attached hydrogens (primary N) is 2. The van der Waals surface area contributed by atoms with Crippen LogP contribution in [0.1, 0.15) is 32.2 Å². The van der Waals surface area contributed by atoms with Crippen molar-refractivity contribution >= 4 is 6.01 Å². The van der Waals surface area contributed by atoms with Gasteiger partial charge in [0.1, 0.15) is 0 Å². The van der Waals surface area contributed by atoms with E-state index in [1.807, 2.05) is 6.92 Å². The summed E-state index contributed by atoms with van der Waals surface area (Å²) in [5.41, 5.74) is 11.1. The van der Waals surface area contributed by atoms with Gasteiger partial charge in [0, 0.05) is 0 Å². The van der Waals surface area contributed by atoms with Gasteiger partial charge in [0.15, 0.2) is 0 Å². The predicted molar refractivity (Wildman–Crippen MR) is 45.1 cm³/mol. The Labute approximate surface area is 71.1 Å². The van der Waals surface area contributed by atoms with Crippen molar-refractivity contribution in [1.29, 1.82) is 0 Å². The van der Waals surface area contributed by atoms with Crippen LogP contribution in [-0.2, 0) is 0 Å². The van der Waals surface area contributed by atoms with Crippen LogP contribution in [0, 0.1) is 5.92 Å². The molecule has 1 aromatic heterocycles. The molecule has 1 rings (SSSR count). The minimum absolute atomic E-state index is 0.0729. The number of nitrogens with zero attached hydrogens (tertiary/aromatic N) is 2. The molecule has 0 aliphatic carbocycles. The first kappa shape index (κ1) is 8.99. The van der Waals surface area contributed by atoms with Crippen molar-refractivity contribution in [2.24, 2.45) is 11.7 Å². The fourth-order valence-electron chi connectivity index (χ4n) is 0.879. The minimum atomic E-state index is -0.209. The maximum Gasteiger partial charge on any atom is 0.312 e. The summed E-state index contributed by atoms with van der Waals surface area (Å²) in [7, 11) is 0. The molecule has 0 amide bonds. The van der Waals surface area contributed by atoms with E-state index in [1.54, 1.807) is 0 Å². The first-order chi connectivity index (χ1) is 5.65. The first-order valence-corrected chi connectivity index (χ1v) is 3.99. The van der Waals surface area contributed by atoms with Crippen LogP contribution in [-0.4, -0.2) is 10.2 Å². The molecule has 5 heteroatoms. The molecule has 12 heavy (non-hydrogen) atoms. The molecule has 68 valence electrons. The lowest BCUT2D eigenvalue weighted by Crippen LogP contribution is -2.18. The first-order valence-electron chi connectivity index (χ1n) is 3.99. The van der Waals surface area contributed by atoms with Crippen molar-refractivity contribution in [2.45, 2.75) is 26.3 Å². The van der Waals surface area contributed by atoms with Gasteiger partial charge >= 0.3 is 6.01 Å². The monoisotopic (exact) mass is 170 g/mol. The number of anilines is 1. The van der Waals surface area contributed by atoms with Crippen molar-refractivity contribution in [3.8, 4) is 0 Å². The van der Waals surface area contributed by atoms with Crippen LogP contribution in [0.2, 0.25) is 0 Å². The SMILES string of the molecule is CCC(C)C(N)c1nnc(N)o1. The van der Waals surface area contributed by atoms with E-state index >= 15 is 0 Å². The van der Waals surface area contributed by atoms with E-state index in [4.69, 9.17) is 15.9 Å². The van der Waals surface area contributed by atoms with Gasteiger partial charge in [-0.2, -0.15) is 0 Å². The highest BCUT2D eigenvalue weighted by atomic mass is 16.4. The third-order valence-electron chi connectivity index (χ3n) is 2.00. The van der Waals surface area contributed by atoms with E-state index in [0.29, 0.717) is 11.8 Å². The molecule has 5 nitrogen and oxygen atoms in total. The van der Waals surface area contributed by atoms with Gasteiger partial charge in [-0.25, -0.2) is 0 Å². The smallest absolute Gasteiger partial charge is 0.312 e. The lowest BCUT2D eigenvalue weighted by molar-refractivity contribution is 0.369. The van der Waals surface area contributed by atoms with Crippen LogP contribution in [0.4, 0.5) is 6.01 Å². The molecule has 0 radical (unpaired) electrons.